The molecule has 0 atom stereocenters. The Morgan fingerprint density at radius 2 is 1.92 bits per heavy atom. The summed E-state index contributed by atoms with van der Waals surface area (Å²) >= 11 is 0. The third-order valence-corrected chi connectivity index (χ3v) is 4.45. The van der Waals surface area contributed by atoms with E-state index in [1.54, 1.807) is 55.2 Å². The second kappa shape index (κ2) is 5.17. The Balaban J connectivity index is 2.14. The number of benzene rings is 1. The Bertz CT molecular complexity index is 1300. The Morgan fingerprint density at radius 1 is 1.08 bits per heavy atom. The summed E-state index contributed by atoms with van der Waals surface area (Å²) in [6, 6.07) is 7.01. The quantitative estimate of drug-likeness (QED) is 0.475. The van der Waals surface area contributed by atoms with Crippen LogP contribution in [0.4, 0.5) is 0 Å². The summed E-state index contributed by atoms with van der Waals surface area (Å²) < 4.78 is 55.1. The molecular formula is C21H21N2O+. The van der Waals surface area contributed by atoms with Crippen LogP contribution in [0.2, 0.25) is 0 Å². The molecule has 3 heterocycles. The van der Waals surface area contributed by atoms with Gasteiger partial charge in [-0.15, -0.1) is 0 Å². The van der Waals surface area contributed by atoms with E-state index in [1.807, 2.05) is 6.92 Å². The Hall–Kier alpha value is -2.68. The molecule has 120 valence electrons. The van der Waals surface area contributed by atoms with Gasteiger partial charge in [0.25, 0.3) is 0 Å². The van der Waals surface area contributed by atoms with E-state index < -0.39 is 13.7 Å². The van der Waals surface area contributed by atoms with E-state index >= 15 is 0 Å². The van der Waals surface area contributed by atoms with Crippen LogP contribution in [0.15, 0.2) is 41.1 Å². The normalized spacial score (nSPS) is 16.3. The van der Waals surface area contributed by atoms with Gasteiger partial charge in [0, 0.05) is 36.8 Å². The van der Waals surface area contributed by atoms with Crippen LogP contribution in [0.25, 0.3) is 33.3 Å². The van der Waals surface area contributed by atoms with E-state index in [9.17, 15) is 0 Å². The van der Waals surface area contributed by atoms with Gasteiger partial charge in [-0.25, -0.2) is 9.55 Å². The lowest BCUT2D eigenvalue weighted by Gasteiger charge is -2.09. The van der Waals surface area contributed by atoms with Crippen LogP contribution in [-0.2, 0) is 7.05 Å². The van der Waals surface area contributed by atoms with Crippen molar-refractivity contribution in [2.75, 3.05) is 0 Å². The van der Waals surface area contributed by atoms with Crippen molar-refractivity contribution in [3.63, 3.8) is 0 Å². The maximum atomic E-state index is 8.02. The first-order chi connectivity index (χ1) is 13.9. The minimum atomic E-state index is -2.32. The number of aryl methyl sites for hydroxylation is 5. The lowest BCUT2D eigenvalue weighted by Crippen LogP contribution is -2.31. The predicted octanol–water partition coefficient (Wildman–Crippen LogP) is 4.71. The fraction of sp³-hybridized carbons (Fsp3) is 0.238. The van der Waals surface area contributed by atoms with Crippen molar-refractivity contribution in [1.29, 1.82) is 0 Å². The fourth-order valence-electron chi connectivity index (χ4n) is 3.23. The van der Waals surface area contributed by atoms with Crippen molar-refractivity contribution in [2.45, 2.75) is 27.6 Å². The number of hydrogen-bond acceptors (Lipinski definition) is 2. The highest BCUT2D eigenvalue weighted by atomic mass is 16.3. The number of hydrogen-bond donors (Lipinski definition) is 0. The molecule has 0 spiro atoms. The summed E-state index contributed by atoms with van der Waals surface area (Å²) in [5, 5.41) is 1.15. The molecule has 0 N–H and O–H groups in total. The summed E-state index contributed by atoms with van der Waals surface area (Å²) in [5.41, 5.74) is 4.10. The van der Waals surface area contributed by atoms with E-state index in [0.29, 0.717) is 27.6 Å². The Labute approximate surface area is 150 Å². The monoisotopic (exact) mass is 323 g/mol. The molecule has 1 aromatic carbocycles. The highest BCUT2D eigenvalue weighted by Gasteiger charge is 2.23. The van der Waals surface area contributed by atoms with Gasteiger partial charge in [0.1, 0.15) is 7.05 Å². The molecule has 0 fully saturated rings. The molecule has 0 aliphatic heterocycles. The predicted molar refractivity (Wildman–Crippen MR) is 97.1 cm³/mol. The van der Waals surface area contributed by atoms with Gasteiger partial charge in [0.05, 0.1) is 5.56 Å². The highest BCUT2D eigenvalue weighted by Crippen LogP contribution is 2.38. The third-order valence-electron chi connectivity index (χ3n) is 4.45. The van der Waals surface area contributed by atoms with Crippen molar-refractivity contribution < 1.29 is 17.2 Å². The van der Waals surface area contributed by atoms with Crippen LogP contribution in [0, 0.1) is 27.6 Å². The number of nitrogens with zero attached hydrogens (tertiary/aromatic N) is 2. The maximum Gasteiger partial charge on any atom is 0.227 e. The van der Waals surface area contributed by atoms with Crippen LogP contribution >= 0.6 is 0 Å². The van der Waals surface area contributed by atoms with Gasteiger partial charge < -0.3 is 4.42 Å². The largest absolute Gasteiger partial charge is 0.437 e. The van der Waals surface area contributed by atoms with E-state index in [1.165, 1.54) is 0 Å². The molecular weight excluding hydrogens is 296 g/mol. The zero-order valence-electron chi connectivity index (χ0n) is 19.8. The molecule has 0 saturated heterocycles. The topological polar surface area (TPSA) is 29.9 Å². The minimum Gasteiger partial charge on any atom is -0.437 e. The van der Waals surface area contributed by atoms with E-state index in [2.05, 4.69) is 4.98 Å². The average molecular weight is 323 g/mol. The Morgan fingerprint density at radius 3 is 2.71 bits per heavy atom. The summed E-state index contributed by atoms with van der Waals surface area (Å²) in [6.07, 6.45) is 3.20. The third kappa shape index (κ3) is 2.04. The van der Waals surface area contributed by atoms with Crippen molar-refractivity contribution in [1.82, 2.24) is 4.98 Å². The van der Waals surface area contributed by atoms with Crippen LogP contribution in [0.1, 0.15) is 30.5 Å². The molecule has 3 nitrogen and oxygen atoms in total. The van der Waals surface area contributed by atoms with E-state index in [4.69, 9.17) is 12.6 Å². The molecule has 0 radical (unpaired) electrons. The van der Waals surface area contributed by atoms with Gasteiger partial charge in [0.2, 0.25) is 11.4 Å². The van der Waals surface area contributed by atoms with Crippen molar-refractivity contribution in [3.8, 4) is 11.3 Å². The second-order valence-electron chi connectivity index (χ2n) is 6.14. The number of fused-ring (bicyclic) bond motifs is 3. The second-order valence-corrected chi connectivity index (χ2v) is 6.14. The molecule has 4 aromatic rings. The van der Waals surface area contributed by atoms with Gasteiger partial charge in [-0.2, -0.15) is 0 Å². The number of aromatic nitrogens is 2. The molecule has 3 aromatic heterocycles. The van der Waals surface area contributed by atoms with Crippen LogP contribution in [0.3, 0.4) is 0 Å². The first kappa shape index (κ1) is 9.58. The molecule has 0 amide bonds. The molecule has 24 heavy (non-hydrogen) atoms. The lowest BCUT2D eigenvalue weighted by molar-refractivity contribution is -0.660. The van der Waals surface area contributed by atoms with Gasteiger partial charge >= 0.3 is 0 Å². The molecule has 0 bridgehead atoms. The summed E-state index contributed by atoms with van der Waals surface area (Å²) in [5.74, 6) is 0. The summed E-state index contributed by atoms with van der Waals surface area (Å²) in [6.45, 7) is -0.955. The van der Waals surface area contributed by atoms with Gasteiger partial charge in [-0.05, 0) is 56.4 Å². The molecule has 0 aliphatic carbocycles. The smallest absolute Gasteiger partial charge is 0.227 e. The Kier molecular flexibility index (Phi) is 2.06. The van der Waals surface area contributed by atoms with Gasteiger partial charge in [-0.1, -0.05) is 6.07 Å². The molecule has 0 unspecified atom stereocenters. The average Bonchev–Trinajstić information content (AvgIpc) is 3.00. The molecule has 0 aliphatic rings. The van der Waals surface area contributed by atoms with Crippen LogP contribution in [0.5, 0.6) is 0 Å². The molecule has 4 rings (SSSR count). The highest BCUT2D eigenvalue weighted by molar-refractivity contribution is 6.10. The zero-order valence-corrected chi connectivity index (χ0v) is 13.8. The lowest BCUT2D eigenvalue weighted by atomic mass is 9.96. The molecule has 0 saturated carbocycles. The van der Waals surface area contributed by atoms with E-state index in [0.717, 1.165) is 16.8 Å². The fourth-order valence-corrected chi connectivity index (χ4v) is 3.23. The van der Waals surface area contributed by atoms with Crippen molar-refractivity contribution in [2.24, 2.45) is 7.05 Å². The van der Waals surface area contributed by atoms with Crippen LogP contribution < -0.4 is 4.57 Å². The zero-order chi connectivity index (χ0) is 22.0. The standard InChI is InChI=1S/C21H21N2O/c1-12-10-17(23(5)11-15(12)4)19-14(3)9-13(2)18-16-7-6-8-22-21(16)24-20(18)19/h6-11H,1-5H3/q+1/i2D3,4D3. The SMILES string of the molecule is [2H]C([2H])([2H])c1c[n+](C)c(-c2c(C)cc(C([2H])([2H])[2H])c3c2oc2ncccc23)cc1C. The number of furan rings is 1. The first-order valence-corrected chi connectivity index (χ1v) is 7.72. The minimum absolute atomic E-state index is 0.212. The first-order valence-electron chi connectivity index (χ1n) is 10.7. The van der Waals surface area contributed by atoms with Crippen molar-refractivity contribution in [3.05, 3.63) is 58.9 Å². The maximum absolute atomic E-state index is 8.02. The van der Waals surface area contributed by atoms with Crippen LogP contribution in [-0.4, -0.2) is 4.98 Å². The summed E-state index contributed by atoms with van der Waals surface area (Å²) in [4.78, 5) is 4.26. The van der Waals surface area contributed by atoms with Gasteiger partial charge in [-0.3, -0.25) is 0 Å². The number of pyridine rings is 2. The summed E-state index contributed by atoms with van der Waals surface area (Å²) in [7, 11) is 1.77. The van der Waals surface area contributed by atoms with Gasteiger partial charge in [0.15, 0.2) is 11.8 Å². The van der Waals surface area contributed by atoms with Crippen molar-refractivity contribution >= 4 is 22.1 Å². The molecule has 3 heteroatoms. The number of rotatable bonds is 1. The van der Waals surface area contributed by atoms with E-state index in [-0.39, 0.29) is 11.1 Å².